The highest BCUT2D eigenvalue weighted by Crippen LogP contribution is 2.17. The minimum atomic E-state index is -0.386. The Kier molecular flexibility index (Phi) is 4.73. The van der Waals surface area contributed by atoms with E-state index in [1.54, 1.807) is 12.4 Å². The van der Waals surface area contributed by atoms with Gasteiger partial charge in [-0.2, -0.15) is 0 Å². The molecule has 0 unspecified atom stereocenters. The highest BCUT2D eigenvalue weighted by atomic mass is 35.5. The first-order valence-electron chi connectivity index (χ1n) is 6.48. The predicted molar refractivity (Wildman–Crippen MR) is 77.0 cm³/mol. The summed E-state index contributed by atoms with van der Waals surface area (Å²) >= 11 is 5.68. The van der Waals surface area contributed by atoms with Crippen LogP contribution in [0.2, 0.25) is 5.02 Å². The van der Waals surface area contributed by atoms with Crippen molar-refractivity contribution in [2.75, 3.05) is 7.05 Å². The highest BCUT2D eigenvalue weighted by molar-refractivity contribution is 6.30. The summed E-state index contributed by atoms with van der Waals surface area (Å²) in [6, 6.07) is 5.19. The molecule has 0 aliphatic carbocycles. The van der Waals surface area contributed by atoms with Crippen molar-refractivity contribution in [2.45, 2.75) is 33.0 Å². The Morgan fingerprint density at radius 1 is 1.35 bits per heavy atom. The fourth-order valence-electron chi connectivity index (χ4n) is 2.06. The van der Waals surface area contributed by atoms with Crippen LogP contribution in [-0.2, 0) is 13.1 Å². The van der Waals surface area contributed by atoms with E-state index in [9.17, 15) is 4.39 Å². The van der Waals surface area contributed by atoms with Gasteiger partial charge in [-0.15, -0.1) is 10.2 Å². The third-order valence-electron chi connectivity index (χ3n) is 3.05. The van der Waals surface area contributed by atoms with Gasteiger partial charge in [0.25, 0.3) is 0 Å². The SMILES string of the molecule is CC(C)n1cnnc1CN(C)Cc1ccc(Cl)c(F)c1. The summed E-state index contributed by atoms with van der Waals surface area (Å²) in [7, 11) is 1.96. The molecule has 0 amide bonds. The summed E-state index contributed by atoms with van der Waals surface area (Å²) in [5.74, 6) is 0.514. The molecule has 0 N–H and O–H groups in total. The lowest BCUT2D eigenvalue weighted by Crippen LogP contribution is -2.20. The number of halogens is 2. The Bertz CT molecular complexity index is 582. The van der Waals surface area contributed by atoms with E-state index in [0.717, 1.165) is 11.4 Å². The van der Waals surface area contributed by atoms with Gasteiger partial charge >= 0.3 is 0 Å². The molecule has 2 rings (SSSR count). The number of nitrogens with zero attached hydrogens (tertiary/aromatic N) is 4. The molecule has 0 fully saturated rings. The molecule has 0 saturated heterocycles. The van der Waals surface area contributed by atoms with Crippen molar-refractivity contribution in [3.8, 4) is 0 Å². The van der Waals surface area contributed by atoms with Crippen LogP contribution in [0, 0.1) is 5.82 Å². The first-order valence-corrected chi connectivity index (χ1v) is 6.86. The van der Waals surface area contributed by atoms with E-state index < -0.39 is 0 Å². The fraction of sp³-hybridized carbons (Fsp3) is 0.429. The molecular formula is C14H18ClFN4. The van der Waals surface area contributed by atoms with Crippen LogP contribution in [0.1, 0.15) is 31.3 Å². The number of hydrogen-bond donors (Lipinski definition) is 0. The minimum Gasteiger partial charge on any atom is -0.314 e. The zero-order valence-electron chi connectivity index (χ0n) is 11.8. The number of aromatic nitrogens is 3. The van der Waals surface area contributed by atoms with Gasteiger partial charge < -0.3 is 4.57 Å². The zero-order valence-corrected chi connectivity index (χ0v) is 12.6. The van der Waals surface area contributed by atoms with Crippen molar-refractivity contribution < 1.29 is 4.39 Å². The average molecular weight is 297 g/mol. The molecule has 0 atom stereocenters. The van der Waals surface area contributed by atoms with Crippen LogP contribution in [0.25, 0.3) is 0 Å². The Morgan fingerprint density at radius 2 is 2.10 bits per heavy atom. The lowest BCUT2D eigenvalue weighted by Gasteiger charge is -2.18. The Balaban J connectivity index is 2.03. The van der Waals surface area contributed by atoms with Gasteiger partial charge in [-0.3, -0.25) is 4.90 Å². The molecule has 0 aliphatic heterocycles. The number of hydrogen-bond acceptors (Lipinski definition) is 3. The van der Waals surface area contributed by atoms with E-state index >= 15 is 0 Å². The molecule has 1 heterocycles. The standard InChI is InChI=1S/C14H18ClFN4/c1-10(2)20-9-17-18-14(20)8-19(3)7-11-4-5-12(15)13(16)6-11/h4-6,9-10H,7-8H2,1-3H3. The van der Waals surface area contributed by atoms with Crippen molar-refractivity contribution in [1.29, 1.82) is 0 Å². The van der Waals surface area contributed by atoms with Gasteiger partial charge in [0.1, 0.15) is 18.0 Å². The molecule has 108 valence electrons. The van der Waals surface area contributed by atoms with Gasteiger partial charge in [-0.1, -0.05) is 17.7 Å². The predicted octanol–water partition coefficient (Wildman–Crippen LogP) is 3.28. The first-order chi connectivity index (χ1) is 9.47. The minimum absolute atomic E-state index is 0.149. The molecule has 20 heavy (non-hydrogen) atoms. The summed E-state index contributed by atoms with van der Waals surface area (Å²) < 4.78 is 15.4. The van der Waals surface area contributed by atoms with Gasteiger partial charge in [0.2, 0.25) is 0 Å². The second kappa shape index (κ2) is 6.33. The molecule has 0 radical (unpaired) electrons. The summed E-state index contributed by atoms with van der Waals surface area (Å²) in [6.07, 6.45) is 1.73. The lowest BCUT2D eigenvalue weighted by atomic mass is 10.2. The van der Waals surface area contributed by atoms with Crippen molar-refractivity contribution in [3.05, 3.63) is 46.8 Å². The Labute approximate surface area is 123 Å². The van der Waals surface area contributed by atoms with Crippen LogP contribution < -0.4 is 0 Å². The van der Waals surface area contributed by atoms with Gasteiger partial charge in [-0.25, -0.2) is 4.39 Å². The van der Waals surface area contributed by atoms with E-state index in [1.807, 2.05) is 17.7 Å². The Morgan fingerprint density at radius 3 is 2.75 bits per heavy atom. The average Bonchev–Trinajstić information content (AvgIpc) is 2.82. The van der Waals surface area contributed by atoms with E-state index in [2.05, 4.69) is 28.9 Å². The van der Waals surface area contributed by atoms with Crippen molar-refractivity contribution >= 4 is 11.6 Å². The molecular weight excluding hydrogens is 279 g/mol. The maximum atomic E-state index is 13.4. The maximum Gasteiger partial charge on any atom is 0.147 e. The van der Waals surface area contributed by atoms with Crippen LogP contribution in [0.4, 0.5) is 4.39 Å². The zero-order chi connectivity index (χ0) is 14.7. The van der Waals surface area contributed by atoms with Crippen molar-refractivity contribution in [3.63, 3.8) is 0 Å². The fourth-order valence-corrected chi connectivity index (χ4v) is 2.18. The molecule has 0 bridgehead atoms. The molecule has 1 aromatic heterocycles. The van der Waals surface area contributed by atoms with E-state index in [4.69, 9.17) is 11.6 Å². The van der Waals surface area contributed by atoms with Crippen LogP contribution in [-0.4, -0.2) is 26.7 Å². The molecule has 6 heteroatoms. The number of benzene rings is 1. The summed E-state index contributed by atoms with van der Waals surface area (Å²) in [5, 5.41) is 8.21. The summed E-state index contributed by atoms with van der Waals surface area (Å²) in [4.78, 5) is 2.06. The largest absolute Gasteiger partial charge is 0.314 e. The quantitative estimate of drug-likeness (QED) is 0.849. The third-order valence-corrected chi connectivity index (χ3v) is 3.36. The topological polar surface area (TPSA) is 34.0 Å². The molecule has 0 spiro atoms. The van der Waals surface area contributed by atoms with Crippen LogP contribution in [0.15, 0.2) is 24.5 Å². The molecule has 0 saturated carbocycles. The second-order valence-electron chi connectivity index (χ2n) is 5.17. The summed E-state index contributed by atoms with van der Waals surface area (Å²) in [5.41, 5.74) is 0.880. The molecule has 1 aromatic carbocycles. The molecule has 0 aliphatic rings. The van der Waals surface area contributed by atoms with Gasteiger partial charge in [-0.05, 0) is 38.6 Å². The molecule has 2 aromatic rings. The highest BCUT2D eigenvalue weighted by Gasteiger charge is 2.11. The summed E-state index contributed by atoms with van der Waals surface area (Å²) in [6.45, 7) is 5.45. The monoisotopic (exact) mass is 296 g/mol. The van der Waals surface area contributed by atoms with Gasteiger partial charge in [0.05, 0.1) is 11.6 Å². The van der Waals surface area contributed by atoms with Crippen molar-refractivity contribution in [2.24, 2.45) is 0 Å². The van der Waals surface area contributed by atoms with Crippen molar-refractivity contribution in [1.82, 2.24) is 19.7 Å². The maximum absolute atomic E-state index is 13.4. The third kappa shape index (κ3) is 3.55. The van der Waals surface area contributed by atoms with Crippen LogP contribution >= 0.6 is 11.6 Å². The van der Waals surface area contributed by atoms with E-state index in [-0.39, 0.29) is 10.8 Å². The Hall–Kier alpha value is -1.46. The smallest absolute Gasteiger partial charge is 0.147 e. The van der Waals surface area contributed by atoms with Crippen LogP contribution in [0.3, 0.4) is 0 Å². The second-order valence-corrected chi connectivity index (χ2v) is 5.58. The van der Waals surface area contributed by atoms with Gasteiger partial charge in [0.15, 0.2) is 0 Å². The van der Waals surface area contributed by atoms with E-state index in [1.165, 1.54) is 6.07 Å². The van der Waals surface area contributed by atoms with Gasteiger partial charge in [0, 0.05) is 12.6 Å². The lowest BCUT2D eigenvalue weighted by molar-refractivity contribution is 0.301. The first kappa shape index (κ1) is 14.9. The molecule has 4 nitrogen and oxygen atoms in total. The number of rotatable bonds is 5. The van der Waals surface area contributed by atoms with E-state index in [0.29, 0.717) is 19.1 Å². The normalized spacial score (nSPS) is 11.6. The van der Waals surface area contributed by atoms with Crippen LogP contribution in [0.5, 0.6) is 0 Å².